The van der Waals surface area contributed by atoms with Crippen LogP contribution in [0.3, 0.4) is 0 Å². The molecular formula is C52H35NO. The van der Waals surface area contributed by atoms with E-state index in [1.807, 2.05) is 0 Å². The van der Waals surface area contributed by atoms with Gasteiger partial charge in [0.15, 0.2) is 0 Å². The van der Waals surface area contributed by atoms with Crippen molar-refractivity contribution in [2.45, 2.75) is 0 Å². The smallest absolute Gasteiger partial charge is 0.135 e. The van der Waals surface area contributed by atoms with E-state index in [1.54, 1.807) is 0 Å². The average Bonchev–Trinajstić information content (AvgIpc) is 3.38. The Balaban J connectivity index is 1.14. The molecule has 0 atom stereocenters. The van der Waals surface area contributed by atoms with Gasteiger partial charge in [0, 0.05) is 28.2 Å². The number of rotatable bonds is 6. The summed E-state index contributed by atoms with van der Waals surface area (Å²) in [4.78, 5) is 2.34. The van der Waals surface area contributed by atoms with Crippen LogP contribution in [0.25, 0.3) is 66.4 Å². The maximum Gasteiger partial charge on any atom is 0.135 e. The lowest BCUT2D eigenvalue weighted by atomic mass is 9.90. The van der Waals surface area contributed by atoms with E-state index in [0.29, 0.717) is 0 Å². The van der Waals surface area contributed by atoms with E-state index in [0.717, 1.165) is 61.9 Å². The maximum absolute atomic E-state index is 6.93. The van der Waals surface area contributed by atoms with Crippen molar-refractivity contribution < 1.29 is 4.74 Å². The van der Waals surface area contributed by atoms with Crippen LogP contribution < -0.4 is 9.64 Å². The van der Waals surface area contributed by atoms with Crippen LogP contribution in [-0.2, 0) is 0 Å². The summed E-state index contributed by atoms with van der Waals surface area (Å²) in [5.74, 6) is 1.68. The molecular weight excluding hydrogens is 655 g/mol. The number of hydrogen-bond donors (Lipinski definition) is 0. The predicted molar refractivity (Wildman–Crippen MR) is 226 cm³/mol. The topological polar surface area (TPSA) is 12.5 Å². The zero-order valence-corrected chi connectivity index (χ0v) is 29.6. The van der Waals surface area contributed by atoms with Crippen LogP contribution in [0, 0.1) is 0 Å². The standard InChI is InChI=1S/C52H35NO/c1-4-12-36(13-5-1)39-20-25-44(26-21-39)53(45-27-22-40(23-28-45)37-14-6-2-7-15-37)46-29-31-51-50(35-46)49-33-42-19-11-10-18-41(42)32-48(49)47-30-24-43(34-52(47)54-51)38-16-8-3-9-17-38/h1-35H. The first-order chi connectivity index (χ1) is 26.7. The summed E-state index contributed by atoms with van der Waals surface area (Å²) in [6, 6.07) is 75.8. The predicted octanol–water partition coefficient (Wildman–Crippen LogP) is 14.8. The van der Waals surface area contributed by atoms with Crippen LogP contribution >= 0.6 is 0 Å². The van der Waals surface area contributed by atoms with Gasteiger partial charge in [-0.25, -0.2) is 0 Å². The van der Waals surface area contributed by atoms with Gasteiger partial charge in [-0.15, -0.1) is 0 Å². The Bertz CT molecular complexity index is 2670. The first kappa shape index (κ1) is 31.6. The molecule has 0 aliphatic carbocycles. The first-order valence-corrected chi connectivity index (χ1v) is 18.4. The molecule has 254 valence electrons. The molecule has 2 heteroatoms. The van der Waals surface area contributed by atoms with E-state index in [9.17, 15) is 0 Å². The van der Waals surface area contributed by atoms with Gasteiger partial charge in [0.1, 0.15) is 11.5 Å². The van der Waals surface area contributed by atoms with Crippen LogP contribution in [0.1, 0.15) is 0 Å². The highest BCUT2D eigenvalue weighted by atomic mass is 16.5. The van der Waals surface area contributed by atoms with E-state index in [2.05, 4.69) is 217 Å². The van der Waals surface area contributed by atoms with Gasteiger partial charge in [0.05, 0.1) is 0 Å². The molecule has 9 aromatic rings. The molecule has 54 heavy (non-hydrogen) atoms. The Morgan fingerprint density at radius 1 is 0.259 bits per heavy atom. The lowest BCUT2D eigenvalue weighted by Crippen LogP contribution is -2.10. The highest BCUT2D eigenvalue weighted by Crippen LogP contribution is 2.51. The van der Waals surface area contributed by atoms with Gasteiger partial charge in [0.25, 0.3) is 0 Å². The summed E-state index contributed by atoms with van der Waals surface area (Å²) in [6.45, 7) is 0. The lowest BCUT2D eigenvalue weighted by Gasteiger charge is -2.27. The fourth-order valence-electron chi connectivity index (χ4n) is 7.71. The molecule has 1 aliphatic rings. The SMILES string of the molecule is c1ccc(-c2ccc(N(c3ccc(-c4ccccc4)cc3)c3ccc4c(c3)-c3cc5ccccc5cc3-c3ccc(-c5ccccc5)cc3O4)cc2)cc1. The van der Waals surface area contributed by atoms with Crippen LogP contribution in [0.4, 0.5) is 17.1 Å². The number of benzene rings is 9. The molecule has 0 amide bonds. The zero-order valence-electron chi connectivity index (χ0n) is 29.6. The second-order valence-corrected chi connectivity index (χ2v) is 13.8. The molecule has 10 rings (SSSR count). The average molecular weight is 690 g/mol. The molecule has 0 bridgehead atoms. The van der Waals surface area contributed by atoms with Gasteiger partial charge >= 0.3 is 0 Å². The monoisotopic (exact) mass is 689 g/mol. The lowest BCUT2D eigenvalue weighted by molar-refractivity contribution is 0.488. The summed E-state index contributed by atoms with van der Waals surface area (Å²) < 4.78 is 6.93. The molecule has 0 radical (unpaired) electrons. The van der Waals surface area contributed by atoms with Gasteiger partial charge in [-0.3, -0.25) is 0 Å². The number of hydrogen-bond acceptors (Lipinski definition) is 2. The van der Waals surface area contributed by atoms with Crippen molar-refractivity contribution in [1.29, 1.82) is 0 Å². The van der Waals surface area contributed by atoms with Crippen molar-refractivity contribution in [3.8, 4) is 67.1 Å². The van der Waals surface area contributed by atoms with E-state index in [4.69, 9.17) is 4.74 Å². The molecule has 0 saturated heterocycles. The van der Waals surface area contributed by atoms with Crippen molar-refractivity contribution in [1.82, 2.24) is 0 Å². The van der Waals surface area contributed by atoms with Crippen molar-refractivity contribution in [2.75, 3.05) is 4.90 Å². The molecule has 2 nitrogen and oxygen atoms in total. The van der Waals surface area contributed by atoms with Gasteiger partial charge in [-0.2, -0.15) is 0 Å². The molecule has 0 spiro atoms. The molecule has 0 saturated carbocycles. The molecule has 0 fully saturated rings. The third kappa shape index (κ3) is 5.81. The Morgan fingerprint density at radius 3 is 1.22 bits per heavy atom. The summed E-state index contributed by atoms with van der Waals surface area (Å²) in [5.41, 5.74) is 14.7. The maximum atomic E-state index is 6.93. The van der Waals surface area contributed by atoms with E-state index in [-0.39, 0.29) is 0 Å². The summed E-state index contributed by atoms with van der Waals surface area (Å²) in [6.07, 6.45) is 0. The minimum atomic E-state index is 0.832. The fourth-order valence-corrected chi connectivity index (χ4v) is 7.71. The largest absolute Gasteiger partial charge is 0.456 e. The minimum absolute atomic E-state index is 0.832. The van der Waals surface area contributed by atoms with Crippen LogP contribution in [0.2, 0.25) is 0 Å². The highest BCUT2D eigenvalue weighted by Gasteiger charge is 2.24. The number of anilines is 3. The van der Waals surface area contributed by atoms with Gasteiger partial charge in [-0.05, 0) is 122 Å². The fraction of sp³-hybridized carbons (Fsp3) is 0. The Morgan fingerprint density at radius 2 is 0.685 bits per heavy atom. The molecule has 1 heterocycles. The molecule has 0 N–H and O–H groups in total. The van der Waals surface area contributed by atoms with Crippen LogP contribution in [0.5, 0.6) is 11.5 Å². The quantitative estimate of drug-likeness (QED) is 0.172. The van der Waals surface area contributed by atoms with Crippen LogP contribution in [0.15, 0.2) is 212 Å². The summed E-state index contributed by atoms with van der Waals surface area (Å²) in [5, 5.41) is 2.40. The zero-order chi connectivity index (χ0) is 35.8. The number of fused-ring (bicyclic) bond motifs is 6. The molecule has 0 aromatic heterocycles. The Labute approximate surface area is 315 Å². The van der Waals surface area contributed by atoms with E-state index < -0.39 is 0 Å². The van der Waals surface area contributed by atoms with Gasteiger partial charge in [0.2, 0.25) is 0 Å². The van der Waals surface area contributed by atoms with E-state index >= 15 is 0 Å². The molecule has 0 unspecified atom stereocenters. The minimum Gasteiger partial charge on any atom is -0.456 e. The van der Waals surface area contributed by atoms with Crippen molar-refractivity contribution >= 4 is 27.8 Å². The summed E-state index contributed by atoms with van der Waals surface area (Å²) >= 11 is 0. The van der Waals surface area contributed by atoms with Crippen molar-refractivity contribution in [3.05, 3.63) is 212 Å². The number of ether oxygens (including phenoxy) is 1. The molecule has 1 aliphatic heterocycles. The van der Waals surface area contributed by atoms with E-state index in [1.165, 1.54) is 33.0 Å². The normalized spacial score (nSPS) is 11.5. The van der Waals surface area contributed by atoms with Gasteiger partial charge < -0.3 is 9.64 Å². The summed E-state index contributed by atoms with van der Waals surface area (Å²) in [7, 11) is 0. The van der Waals surface area contributed by atoms with Crippen LogP contribution in [-0.4, -0.2) is 0 Å². The second kappa shape index (κ2) is 13.4. The number of nitrogens with zero attached hydrogens (tertiary/aromatic N) is 1. The van der Waals surface area contributed by atoms with Crippen molar-refractivity contribution in [3.63, 3.8) is 0 Å². The Kier molecular flexibility index (Phi) is 7.85. The molecule has 9 aromatic carbocycles. The third-order valence-corrected chi connectivity index (χ3v) is 10.5. The highest BCUT2D eigenvalue weighted by molar-refractivity contribution is 6.01. The van der Waals surface area contributed by atoms with Crippen molar-refractivity contribution in [2.24, 2.45) is 0 Å². The second-order valence-electron chi connectivity index (χ2n) is 13.8. The third-order valence-electron chi connectivity index (χ3n) is 10.5. The van der Waals surface area contributed by atoms with Gasteiger partial charge in [-0.1, -0.05) is 146 Å². The Hall–Kier alpha value is -7.16. The first-order valence-electron chi connectivity index (χ1n) is 18.4.